The molecule has 0 aliphatic carbocycles. The van der Waals surface area contributed by atoms with E-state index in [1.54, 1.807) is 47.5 Å². The van der Waals surface area contributed by atoms with E-state index in [0.29, 0.717) is 35.8 Å². The summed E-state index contributed by atoms with van der Waals surface area (Å²) < 4.78 is 14.2. The van der Waals surface area contributed by atoms with Crippen LogP contribution in [0.25, 0.3) is 11.0 Å². The molecule has 33 heavy (non-hydrogen) atoms. The van der Waals surface area contributed by atoms with E-state index < -0.39 is 12.1 Å². The van der Waals surface area contributed by atoms with Crippen molar-refractivity contribution in [1.82, 2.24) is 19.3 Å². The van der Waals surface area contributed by atoms with Crippen molar-refractivity contribution in [1.29, 1.82) is 0 Å². The molecule has 0 radical (unpaired) electrons. The Balaban J connectivity index is 0.00000385. The molecule has 0 saturated heterocycles. The molecule has 172 valence electrons. The SMILES string of the molecule is CCCc1nn(C)c2c(=O)n(CCOc3ccc(C[C@H](OCC)C(=O)[O-])cc3)c(C)nc12.[K+]. The third-order valence-corrected chi connectivity index (χ3v) is 5.25. The number of nitrogens with zero attached hydrogens (tertiary/aromatic N) is 4. The number of rotatable bonds is 11. The first-order valence-electron chi connectivity index (χ1n) is 10.8. The van der Waals surface area contributed by atoms with Gasteiger partial charge < -0.3 is 19.4 Å². The van der Waals surface area contributed by atoms with Crippen LogP contribution in [0.4, 0.5) is 0 Å². The van der Waals surface area contributed by atoms with Gasteiger partial charge in [-0.3, -0.25) is 14.0 Å². The van der Waals surface area contributed by atoms with Crippen molar-refractivity contribution in [3.63, 3.8) is 0 Å². The number of hydrogen-bond donors (Lipinski definition) is 0. The van der Waals surface area contributed by atoms with Gasteiger partial charge in [-0.1, -0.05) is 25.5 Å². The van der Waals surface area contributed by atoms with Crippen molar-refractivity contribution >= 4 is 17.0 Å². The Labute approximate surface area is 235 Å². The largest absolute Gasteiger partial charge is 1.00 e. The molecule has 0 spiro atoms. The number of aryl methyl sites for hydroxylation is 3. The average Bonchev–Trinajstić information content (AvgIpc) is 3.06. The number of benzene rings is 1. The molecule has 10 heteroatoms. The Hall–Kier alpha value is -1.56. The van der Waals surface area contributed by atoms with Crippen LogP contribution in [-0.4, -0.2) is 44.6 Å². The third-order valence-electron chi connectivity index (χ3n) is 5.25. The summed E-state index contributed by atoms with van der Waals surface area (Å²) >= 11 is 0. The Morgan fingerprint density at radius 1 is 1.21 bits per heavy atom. The molecule has 1 aromatic carbocycles. The Bertz CT molecular complexity index is 1140. The van der Waals surface area contributed by atoms with Gasteiger partial charge >= 0.3 is 51.4 Å². The van der Waals surface area contributed by atoms with E-state index in [4.69, 9.17) is 9.47 Å². The van der Waals surface area contributed by atoms with E-state index in [0.717, 1.165) is 24.1 Å². The molecule has 0 unspecified atom stereocenters. The van der Waals surface area contributed by atoms with Crippen LogP contribution in [0.3, 0.4) is 0 Å². The van der Waals surface area contributed by atoms with Gasteiger partial charge in [0.05, 0.1) is 18.2 Å². The summed E-state index contributed by atoms with van der Waals surface area (Å²) in [4.78, 5) is 28.8. The van der Waals surface area contributed by atoms with Gasteiger partial charge in [0.25, 0.3) is 5.56 Å². The van der Waals surface area contributed by atoms with Crippen LogP contribution in [0.5, 0.6) is 5.75 Å². The minimum Gasteiger partial charge on any atom is -0.547 e. The quantitative estimate of drug-likeness (QED) is 0.297. The minimum absolute atomic E-state index is 0. The van der Waals surface area contributed by atoms with E-state index in [1.807, 2.05) is 6.92 Å². The van der Waals surface area contributed by atoms with Gasteiger partial charge in [-0.15, -0.1) is 0 Å². The van der Waals surface area contributed by atoms with Crippen molar-refractivity contribution in [3.8, 4) is 5.75 Å². The summed E-state index contributed by atoms with van der Waals surface area (Å²) in [5.74, 6) is 0.0190. The summed E-state index contributed by atoms with van der Waals surface area (Å²) in [7, 11) is 1.76. The molecule has 0 amide bonds. The van der Waals surface area contributed by atoms with Crippen molar-refractivity contribution in [2.45, 2.75) is 52.7 Å². The second-order valence-corrected chi connectivity index (χ2v) is 7.59. The minimum atomic E-state index is -1.23. The number of fused-ring (bicyclic) bond motifs is 1. The van der Waals surface area contributed by atoms with E-state index in [2.05, 4.69) is 17.0 Å². The molecule has 2 aromatic heterocycles. The monoisotopic (exact) mass is 480 g/mol. The molecule has 0 saturated carbocycles. The first kappa shape index (κ1) is 27.7. The van der Waals surface area contributed by atoms with Crippen molar-refractivity contribution < 1.29 is 70.8 Å². The summed E-state index contributed by atoms with van der Waals surface area (Å²) in [6, 6.07) is 7.12. The molecule has 3 rings (SSSR count). The van der Waals surface area contributed by atoms with Gasteiger partial charge in [0.1, 0.15) is 29.8 Å². The average molecular weight is 481 g/mol. The van der Waals surface area contributed by atoms with Crippen LogP contribution in [0, 0.1) is 6.92 Å². The van der Waals surface area contributed by atoms with E-state index >= 15 is 0 Å². The van der Waals surface area contributed by atoms with Crippen LogP contribution in [-0.2, 0) is 36.0 Å². The number of aromatic nitrogens is 4. The van der Waals surface area contributed by atoms with E-state index in [9.17, 15) is 14.7 Å². The van der Waals surface area contributed by atoms with Gasteiger partial charge in [0.15, 0.2) is 5.52 Å². The zero-order valence-corrected chi connectivity index (χ0v) is 23.1. The second kappa shape index (κ2) is 12.8. The smallest absolute Gasteiger partial charge is 0.547 e. The van der Waals surface area contributed by atoms with Gasteiger partial charge in [-0.05, 0) is 38.0 Å². The van der Waals surface area contributed by atoms with Gasteiger partial charge in [-0.25, -0.2) is 4.98 Å². The predicted octanol–water partition coefficient (Wildman–Crippen LogP) is -1.83. The maximum atomic E-state index is 13.0. The van der Waals surface area contributed by atoms with Crippen molar-refractivity contribution in [2.75, 3.05) is 13.2 Å². The van der Waals surface area contributed by atoms with Crippen molar-refractivity contribution in [2.24, 2.45) is 7.05 Å². The van der Waals surface area contributed by atoms with Gasteiger partial charge in [-0.2, -0.15) is 5.10 Å². The first-order chi connectivity index (χ1) is 15.3. The van der Waals surface area contributed by atoms with Crippen molar-refractivity contribution in [3.05, 3.63) is 51.7 Å². The maximum Gasteiger partial charge on any atom is 1.00 e. The van der Waals surface area contributed by atoms with Crippen LogP contribution in [0.1, 0.15) is 37.4 Å². The van der Waals surface area contributed by atoms with E-state index in [1.165, 1.54) is 0 Å². The number of ether oxygens (including phenoxy) is 2. The van der Waals surface area contributed by atoms with Crippen LogP contribution in [0.15, 0.2) is 29.1 Å². The number of carboxylic acids is 1. The summed E-state index contributed by atoms with van der Waals surface area (Å²) in [6.45, 7) is 6.56. The van der Waals surface area contributed by atoms with Crippen LogP contribution >= 0.6 is 0 Å². The molecule has 0 bridgehead atoms. The standard InChI is InChI=1S/C23H30N4O5.K/c1-5-7-18-20-21(26(4)25-18)22(28)27(15(3)24-20)12-13-32-17-10-8-16(9-11-17)14-19(23(29)30)31-6-2;/h8-11,19H,5-7,12-14H2,1-4H3,(H,29,30);/q;+1/p-1/t19-;/m0./s1. The zero-order valence-electron chi connectivity index (χ0n) is 20.0. The fraction of sp³-hybridized carbons (Fsp3) is 0.478. The summed E-state index contributed by atoms with van der Waals surface area (Å²) in [5.41, 5.74) is 2.69. The molecular weight excluding hydrogens is 451 g/mol. The molecule has 9 nitrogen and oxygen atoms in total. The topological polar surface area (TPSA) is 111 Å². The maximum absolute atomic E-state index is 13.0. The molecular formula is C23H29KN4O5. The molecule has 0 N–H and O–H groups in total. The first-order valence-corrected chi connectivity index (χ1v) is 10.8. The molecule has 0 aliphatic rings. The molecule has 0 aliphatic heterocycles. The number of aliphatic carboxylic acids is 1. The van der Waals surface area contributed by atoms with Crippen LogP contribution < -0.4 is 66.8 Å². The summed E-state index contributed by atoms with van der Waals surface area (Å²) in [5, 5.41) is 15.6. The molecule has 2 heterocycles. The number of carbonyl (C=O) groups is 1. The Morgan fingerprint density at radius 2 is 1.91 bits per heavy atom. The summed E-state index contributed by atoms with van der Waals surface area (Å²) in [6.07, 6.45) is 0.957. The number of carbonyl (C=O) groups excluding carboxylic acids is 1. The normalized spacial score (nSPS) is 11.9. The third kappa shape index (κ3) is 6.74. The molecule has 3 aromatic rings. The fourth-order valence-corrected chi connectivity index (χ4v) is 3.69. The fourth-order valence-electron chi connectivity index (χ4n) is 3.69. The van der Waals surface area contributed by atoms with Crippen LogP contribution in [0.2, 0.25) is 0 Å². The predicted molar refractivity (Wildman–Crippen MR) is 118 cm³/mol. The Kier molecular flexibility index (Phi) is 10.7. The van der Waals surface area contributed by atoms with Gasteiger partial charge in [0.2, 0.25) is 0 Å². The number of carboxylic acid groups (broad SMARTS) is 1. The molecule has 0 fully saturated rings. The van der Waals surface area contributed by atoms with Gasteiger partial charge in [0, 0.05) is 20.1 Å². The zero-order chi connectivity index (χ0) is 23.3. The Morgan fingerprint density at radius 3 is 2.52 bits per heavy atom. The second-order valence-electron chi connectivity index (χ2n) is 7.59. The number of hydrogen-bond acceptors (Lipinski definition) is 7. The molecule has 1 atom stereocenters. The van der Waals surface area contributed by atoms with E-state index in [-0.39, 0.29) is 70.0 Å².